The fraction of sp³-hybridized carbons (Fsp3) is 0.412. The lowest BCUT2D eigenvalue weighted by Gasteiger charge is -2.24. The van der Waals surface area contributed by atoms with Crippen molar-refractivity contribution in [3.8, 4) is 0 Å². The number of benzene rings is 1. The number of carbonyl (C=O) groups is 1. The van der Waals surface area contributed by atoms with Crippen LogP contribution in [-0.2, 0) is 11.2 Å². The standard InChI is InChI=1S/C17H22N2O2/c1-11-13-7-5-6-8-15(13)18-12(2)14(11)9-16(21)19-17(3,4)10-20/h5-8,20H,9-10H2,1-4H3,(H,19,21). The molecule has 0 saturated heterocycles. The van der Waals surface area contributed by atoms with Crippen LogP contribution in [-0.4, -0.2) is 28.1 Å². The molecule has 0 spiro atoms. The van der Waals surface area contributed by atoms with Gasteiger partial charge in [0.2, 0.25) is 5.91 Å². The molecule has 2 aromatic rings. The molecule has 0 saturated carbocycles. The first kappa shape index (κ1) is 15.4. The van der Waals surface area contributed by atoms with Crippen molar-refractivity contribution < 1.29 is 9.90 Å². The Balaban J connectivity index is 2.32. The third kappa shape index (κ3) is 3.39. The average molecular weight is 286 g/mol. The van der Waals surface area contributed by atoms with Crippen molar-refractivity contribution in [3.05, 3.63) is 41.1 Å². The van der Waals surface area contributed by atoms with E-state index in [9.17, 15) is 9.90 Å². The van der Waals surface area contributed by atoms with Crippen molar-refractivity contribution in [1.82, 2.24) is 10.3 Å². The Morgan fingerprint density at radius 1 is 1.29 bits per heavy atom. The van der Waals surface area contributed by atoms with E-state index in [1.807, 2.05) is 38.1 Å². The van der Waals surface area contributed by atoms with E-state index in [0.717, 1.165) is 27.7 Å². The van der Waals surface area contributed by atoms with Crippen LogP contribution in [0.15, 0.2) is 24.3 Å². The number of fused-ring (bicyclic) bond motifs is 1. The number of hydrogen-bond acceptors (Lipinski definition) is 3. The summed E-state index contributed by atoms with van der Waals surface area (Å²) in [5.41, 5.74) is 3.27. The molecular weight excluding hydrogens is 264 g/mol. The predicted molar refractivity (Wildman–Crippen MR) is 84.2 cm³/mol. The Morgan fingerprint density at radius 3 is 2.62 bits per heavy atom. The lowest BCUT2D eigenvalue weighted by molar-refractivity contribution is -0.122. The number of carbonyl (C=O) groups excluding carboxylic acids is 1. The summed E-state index contributed by atoms with van der Waals surface area (Å²) in [6, 6.07) is 7.94. The molecule has 0 aliphatic heterocycles. The van der Waals surface area contributed by atoms with Crippen molar-refractivity contribution in [2.75, 3.05) is 6.61 Å². The molecule has 0 atom stereocenters. The molecule has 4 heteroatoms. The van der Waals surface area contributed by atoms with Crippen molar-refractivity contribution in [2.24, 2.45) is 0 Å². The minimum absolute atomic E-state index is 0.0906. The highest BCUT2D eigenvalue weighted by molar-refractivity contribution is 5.86. The van der Waals surface area contributed by atoms with E-state index >= 15 is 0 Å². The summed E-state index contributed by atoms with van der Waals surface area (Å²) in [4.78, 5) is 16.8. The van der Waals surface area contributed by atoms with Gasteiger partial charge in [0.1, 0.15) is 0 Å². The zero-order valence-corrected chi connectivity index (χ0v) is 13.0. The normalized spacial score (nSPS) is 11.7. The largest absolute Gasteiger partial charge is 0.394 e. The number of aryl methyl sites for hydroxylation is 2. The number of aliphatic hydroxyl groups is 1. The van der Waals surface area contributed by atoms with Gasteiger partial charge in [-0.15, -0.1) is 0 Å². The summed E-state index contributed by atoms with van der Waals surface area (Å²) in [5, 5.41) is 13.1. The quantitative estimate of drug-likeness (QED) is 0.906. The molecule has 1 aromatic heterocycles. The van der Waals surface area contributed by atoms with E-state index in [0.29, 0.717) is 0 Å². The van der Waals surface area contributed by atoms with Crippen LogP contribution < -0.4 is 5.32 Å². The lowest BCUT2D eigenvalue weighted by atomic mass is 9.98. The number of para-hydroxylation sites is 1. The van der Waals surface area contributed by atoms with E-state index in [-0.39, 0.29) is 18.9 Å². The molecule has 2 rings (SSSR count). The third-order valence-electron chi connectivity index (χ3n) is 3.70. The van der Waals surface area contributed by atoms with Crippen LogP contribution >= 0.6 is 0 Å². The number of aliphatic hydroxyl groups excluding tert-OH is 1. The number of nitrogens with zero attached hydrogens (tertiary/aromatic N) is 1. The van der Waals surface area contributed by atoms with Crippen LogP contribution in [0.1, 0.15) is 30.7 Å². The van der Waals surface area contributed by atoms with E-state index in [4.69, 9.17) is 0 Å². The minimum Gasteiger partial charge on any atom is -0.394 e. The molecule has 0 aliphatic carbocycles. The van der Waals surface area contributed by atoms with Crippen molar-refractivity contribution in [3.63, 3.8) is 0 Å². The number of rotatable bonds is 4. The van der Waals surface area contributed by atoms with Crippen molar-refractivity contribution in [2.45, 2.75) is 39.7 Å². The summed E-state index contributed by atoms with van der Waals surface area (Å²) < 4.78 is 0. The van der Waals surface area contributed by atoms with Gasteiger partial charge in [-0.3, -0.25) is 9.78 Å². The number of nitrogens with one attached hydrogen (secondary N) is 1. The molecule has 0 bridgehead atoms. The van der Waals surface area contributed by atoms with Crippen LogP contribution in [0.5, 0.6) is 0 Å². The zero-order valence-electron chi connectivity index (χ0n) is 13.0. The smallest absolute Gasteiger partial charge is 0.224 e. The Kier molecular flexibility index (Phi) is 4.28. The van der Waals surface area contributed by atoms with Gasteiger partial charge < -0.3 is 10.4 Å². The number of hydrogen-bond donors (Lipinski definition) is 2. The monoisotopic (exact) mass is 286 g/mol. The summed E-state index contributed by atoms with van der Waals surface area (Å²) >= 11 is 0. The number of aromatic nitrogens is 1. The Hall–Kier alpha value is -1.94. The molecule has 0 fully saturated rings. The maximum absolute atomic E-state index is 12.2. The van der Waals surface area contributed by atoms with Gasteiger partial charge in [0, 0.05) is 11.1 Å². The molecule has 4 nitrogen and oxygen atoms in total. The minimum atomic E-state index is -0.608. The Bertz CT molecular complexity index is 678. The van der Waals surface area contributed by atoms with E-state index in [2.05, 4.69) is 10.3 Å². The molecule has 1 heterocycles. The molecule has 1 amide bonds. The molecule has 2 N–H and O–H groups in total. The fourth-order valence-corrected chi connectivity index (χ4v) is 2.45. The summed E-state index contributed by atoms with van der Waals surface area (Å²) in [5.74, 6) is -0.0997. The fourth-order valence-electron chi connectivity index (χ4n) is 2.45. The first-order valence-electron chi connectivity index (χ1n) is 7.11. The highest BCUT2D eigenvalue weighted by Gasteiger charge is 2.20. The van der Waals surface area contributed by atoms with Crippen molar-refractivity contribution >= 4 is 16.8 Å². The molecule has 21 heavy (non-hydrogen) atoms. The molecule has 1 aromatic carbocycles. The van der Waals surface area contributed by atoms with E-state index < -0.39 is 5.54 Å². The van der Waals surface area contributed by atoms with Crippen LogP contribution in [0.4, 0.5) is 0 Å². The van der Waals surface area contributed by atoms with Gasteiger partial charge in [0.25, 0.3) is 0 Å². The maximum Gasteiger partial charge on any atom is 0.224 e. The van der Waals surface area contributed by atoms with E-state index in [1.165, 1.54) is 0 Å². The van der Waals surface area contributed by atoms with Crippen LogP contribution in [0.3, 0.4) is 0 Å². The van der Waals surface area contributed by atoms with Gasteiger partial charge in [0.05, 0.1) is 24.1 Å². The maximum atomic E-state index is 12.2. The Morgan fingerprint density at radius 2 is 1.95 bits per heavy atom. The summed E-state index contributed by atoms with van der Waals surface area (Å²) in [6.45, 7) is 7.45. The number of pyridine rings is 1. The second kappa shape index (κ2) is 5.82. The molecule has 0 unspecified atom stereocenters. The molecule has 112 valence electrons. The van der Waals surface area contributed by atoms with Crippen LogP contribution in [0, 0.1) is 13.8 Å². The predicted octanol–water partition coefficient (Wildman–Crippen LogP) is 2.28. The second-order valence-corrected chi connectivity index (χ2v) is 6.08. The molecule has 0 aliphatic rings. The van der Waals surface area contributed by atoms with E-state index in [1.54, 1.807) is 13.8 Å². The SMILES string of the molecule is Cc1nc2ccccc2c(C)c1CC(=O)NC(C)(C)CO. The van der Waals surface area contributed by atoms with Gasteiger partial charge in [-0.05, 0) is 44.9 Å². The van der Waals surface area contributed by atoms with Gasteiger partial charge in [-0.1, -0.05) is 18.2 Å². The lowest BCUT2D eigenvalue weighted by Crippen LogP contribution is -2.47. The highest BCUT2D eigenvalue weighted by Crippen LogP contribution is 2.23. The molecular formula is C17H22N2O2. The van der Waals surface area contributed by atoms with Crippen LogP contribution in [0.2, 0.25) is 0 Å². The summed E-state index contributed by atoms with van der Waals surface area (Å²) in [6.07, 6.45) is 0.277. The first-order valence-corrected chi connectivity index (χ1v) is 7.11. The van der Waals surface area contributed by atoms with Crippen LogP contribution in [0.25, 0.3) is 10.9 Å². The third-order valence-corrected chi connectivity index (χ3v) is 3.70. The Labute approximate surface area is 125 Å². The van der Waals surface area contributed by atoms with Gasteiger partial charge in [-0.25, -0.2) is 0 Å². The zero-order chi connectivity index (χ0) is 15.6. The highest BCUT2D eigenvalue weighted by atomic mass is 16.3. The topological polar surface area (TPSA) is 62.2 Å². The molecule has 0 radical (unpaired) electrons. The number of amides is 1. The van der Waals surface area contributed by atoms with Crippen molar-refractivity contribution in [1.29, 1.82) is 0 Å². The second-order valence-electron chi connectivity index (χ2n) is 6.08. The average Bonchev–Trinajstić information content (AvgIpc) is 2.43. The first-order chi connectivity index (χ1) is 9.84. The van der Waals surface area contributed by atoms with Gasteiger partial charge in [-0.2, -0.15) is 0 Å². The van der Waals surface area contributed by atoms with Gasteiger partial charge >= 0.3 is 0 Å². The summed E-state index contributed by atoms with van der Waals surface area (Å²) in [7, 11) is 0. The van der Waals surface area contributed by atoms with Gasteiger partial charge in [0.15, 0.2) is 0 Å².